The average molecular weight is 282 g/mol. The lowest BCUT2D eigenvalue weighted by Gasteiger charge is -2.15. The van der Waals surface area contributed by atoms with Gasteiger partial charge in [-0.2, -0.15) is 11.8 Å². The maximum Gasteiger partial charge on any atom is 0.207 e. The second-order valence-corrected chi connectivity index (χ2v) is 5.12. The van der Waals surface area contributed by atoms with E-state index in [-0.39, 0.29) is 5.25 Å². The number of nitrogens with one attached hydrogen (secondary N) is 2. The van der Waals surface area contributed by atoms with E-state index in [0.29, 0.717) is 25.9 Å². The van der Waals surface area contributed by atoms with Crippen LogP contribution in [0.1, 0.15) is 5.56 Å². The highest BCUT2D eigenvalue weighted by molar-refractivity contribution is 7.99. The molecule has 0 atom stereocenters. The SMILES string of the molecule is COc1ccc(CSC(CNC=O)CNC=O)cc1. The highest BCUT2D eigenvalue weighted by Crippen LogP contribution is 2.19. The second kappa shape index (κ2) is 9.27. The Morgan fingerprint density at radius 1 is 1.16 bits per heavy atom. The van der Waals surface area contributed by atoms with Gasteiger partial charge < -0.3 is 15.4 Å². The summed E-state index contributed by atoms with van der Waals surface area (Å²) < 4.78 is 5.10. The van der Waals surface area contributed by atoms with E-state index in [2.05, 4.69) is 10.6 Å². The molecule has 5 nitrogen and oxygen atoms in total. The highest BCUT2D eigenvalue weighted by Gasteiger charge is 2.08. The van der Waals surface area contributed by atoms with Crippen LogP contribution >= 0.6 is 11.8 Å². The molecular formula is C13H18N2O3S. The minimum atomic E-state index is 0.150. The second-order valence-electron chi connectivity index (χ2n) is 3.83. The molecule has 0 spiro atoms. The molecule has 1 aromatic rings. The fourth-order valence-electron chi connectivity index (χ4n) is 1.48. The summed E-state index contributed by atoms with van der Waals surface area (Å²) in [6, 6.07) is 7.84. The zero-order chi connectivity index (χ0) is 13.9. The van der Waals surface area contributed by atoms with Gasteiger partial charge in [0.2, 0.25) is 12.8 Å². The molecule has 0 heterocycles. The van der Waals surface area contributed by atoms with Gasteiger partial charge in [-0.1, -0.05) is 12.1 Å². The van der Waals surface area contributed by atoms with E-state index in [9.17, 15) is 9.59 Å². The maximum absolute atomic E-state index is 10.3. The van der Waals surface area contributed by atoms with Crippen LogP contribution in [0.3, 0.4) is 0 Å². The van der Waals surface area contributed by atoms with Crippen molar-refractivity contribution in [1.82, 2.24) is 10.6 Å². The number of amides is 2. The molecule has 0 aliphatic heterocycles. The average Bonchev–Trinajstić information content (AvgIpc) is 2.47. The molecule has 0 aromatic heterocycles. The van der Waals surface area contributed by atoms with E-state index in [1.807, 2.05) is 24.3 Å². The summed E-state index contributed by atoms with van der Waals surface area (Å²) in [6.45, 7) is 1.07. The van der Waals surface area contributed by atoms with Crippen LogP contribution in [0.5, 0.6) is 5.75 Å². The predicted molar refractivity (Wildman–Crippen MR) is 76.2 cm³/mol. The van der Waals surface area contributed by atoms with Gasteiger partial charge in [0.15, 0.2) is 0 Å². The summed E-state index contributed by atoms with van der Waals surface area (Å²) in [5, 5.41) is 5.42. The van der Waals surface area contributed by atoms with Crippen LogP contribution in [0, 0.1) is 0 Å². The van der Waals surface area contributed by atoms with Crippen molar-refractivity contribution in [3.63, 3.8) is 0 Å². The minimum Gasteiger partial charge on any atom is -0.497 e. The highest BCUT2D eigenvalue weighted by atomic mass is 32.2. The first kappa shape index (κ1) is 15.4. The number of carbonyl (C=O) groups excluding carboxylic acids is 2. The fourth-order valence-corrected chi connectivity index (χ4v) is 2.53. The van der Waals surface area contributed by atoms with Crippen LogP contribution in [-0.2, 0) is 15.3 Å². The first-order chi connectivity index (χ1) is 9.30. The van der Waals surface area contributed by atoms with E-state index in [1.165, 1.54) is 5.56 Å². The Bertz CT molecular complexity index is 372. The first-order valence-electron chi connectivity index (χ1n) is 5.88. The standard InChI is InChI=1S/C13H18N2O3S/c1-18-12-4-2-11(3-5-12)8-19-13(6-14-9-16)7-15-10-17/h2-5,9-10,13H,6-8H2,1H3,(H,14,16)(H,15,17). The Hall–Kier alpha value is -1.69. The van der Waals surface area contributed by atoms with Crippen molar-refractivity contribution < 1.29 is 14.3 Å². The summed E-state index contributed by atoms with van der Waals surface area (Å²) in [5.74, 6) is 1.64. The molecule has 0 bridgehead atoms. The Morgan fingerprint density at radius 3 is 2.21 bits per heavy atom. The topological polar surface area (TPSA) is 67.4 Å². The largest absolute Gasteiger partial charge is 0.497 e. The lowest BCUT2D eigenvalue weighted by Crippen LogP contribution is -2.32. The molecule has 0 saturated heterocycles. The molecule has 0 radical (unpaired) electrons. The molecule has 104 valence electrons. The number of hydrogen-bond acceptors (Lipinski definition) is 4. The van der Waals surface area contributed by atoms with Crippen LogP contribution in [0.25, 0.3) is 0 Å². The molecule has 2 N–H and O–H groups in total. The molecule has 2 amide bonds. The van der Waals surface area contributed by atoms with Crippen LogP contribution in [0.15, 0.2) is 24.3 Å². The smallest absolute Gasteiger partial charge is 0.207 e. The predicted octanol–water partition coefficient (Wildman–Crippen LogP) is 0.789. The summed E-state index contributed by atoms with van der Waals surface area (Å²) >= 11 is 1.68. The summed E-state index contributed by atoms with van der Waals surface area (Å²) in [5.41, 5.74) is 1.17. The molecule has 19 heavy (non-hydrogen) atoms. The van der Waals surface area contributed by atoms with Gasteiger partial charge in [0.05, 0.1) is 7.11 Å². The van der Waals surface area contributed by atoms with Gasteiger partial charge in [-0.05, 0) is 17.7 Å². The van der Waals surface area contributed by atoms with Gasteiger partial charge in [0, 0.05) is 24.1 Å². The van der Waals surface area contributed by atoms with Crippen LogP contribution in [0.4, 0.5) is 0 Å². The van der Waals surface area contributed by atoms with Crippen LogP contribution in [0.2, 0.25) is 0 Å². The molecule has 6 heteroatoms. The Labute approximate surface area is 117 Å². The molecule has 0 fully saturated rings. The molecule has 0 aliphatic carbocycles. The lowest BCUT2D eigenvalue weighted by molar-refractivity contribution is -0.109. The van der Waals surface area contributed by atoms with Crippen molar-refractivity contribution in [2.24, 2.45) is 0 Å². The Balaban J connectivity index is 2.43. The van der Waals surface area contributed by atoms with Gasteiger partial charge in [0.1, 0.15) is 5.75 Å². The maximum atomic E-state index is 10.3. The molecule has 1 aromatic carbocycles. The van der Waals surface area contributed by atoms with Crippen LogP contribution in [-0.4, -0.2) is 38.3 Å². The van der Waals surface area contributed by atoms with E-state index < -0.39 is 0 Å². The third kappa shape index (κ3) is 6.15. The van der Waals surface area contributed by atoms with Gasteiger partial charge in [0.25, 0.3) is 0 Å². The number of benzene rings is 1. The number of rotatable bonds is 10. The van der Waals surface area contributed by atoms with E-state index in [1.54, 1.807) is 18.9 Å². The first-order valence-corrected chi connectivity index (χ1v) is 6.93. The van der Waals surface area contributed by atoms with Gasteiger partial charge in [-0.3, -0.25) is 9.59 Å². The zero-order valence-corrected chi connectivity index (χ0v) is 11.6. The molecular weight excluding hydrogens is 264 g/mol. The van der Waals surface area contributed by atoms with Crippen molar-refractivity contribution in [3.05, 3.63) is 29.8 Å². The molecule has 1 rings (SSSR count). The summed E-state index contributed by atoms with van der Waals surface area (Å²) in [4.78, 5) is 20.6. The summed E-state index contributed by atoms with van der Waals surface area (Å²) in [7, 11) is 1.63. The van der Waals surface area contributed by atoms with E-state index in [4.69, 9.17) is 4.74 Å². The van der Waals surface area contributed by atoms with Crippen molar-refractivity contribution in [3.8, 4) is 5.75 Å². The quantitative estimate of drug-likeness (QED) is 0.623. The number of methoxy groups -OCH3 is 1. The number of hydrogen-bond donors (Lipinski definition) is 2. The van der Waals surface area contributed by atoms with Gasteiger partial charge in [-0.15, -0.1) is 0 Å². The third-order valence-electron chi connectivity index (χ3n) is 2.50. The van der Waals surface area contributed by atoms with Crippen molar-refractivity contribution >= 4 is 24.6 Å². The third-order valence-corrected chi connectivity index (χ3v) is 3.81. The van der Waals surface area contributed by atoms with E-state index in [0.717, 1.165) is 11.5 Å². The monoisotopic (exact) mass is 282 g/mol. The van der Waals surface area contributed by atoms with Gasteiger partial charge >= 0.3 is 0 Å². The number of carbonyl (C=O) groups is 2. The molecule has 0 saturated carbocycles. The number of thioether (sulfide) groups is 1. The fraction of sp³-hybridized carbons (Fsp3) is 0.385. The van der Waals surface area contributed by atoms with Gasteiger partial charge in [-0.25, -0.2) is 0 Å². The summed E-state index contributed by atoms with van der Waals surface area (Å²) in [6.07, 6.45) is 1.34. The Kier molecular flexibility index (Phi) is 7.50. The van der Waals surface area contributed by atoms with Crippen molar-refractivity contribution in [1.29, 1.82) is 0 Å². The number of ether oxygens (including phenoxy) is 1. The molecule has 0 unspecified atom stereocenters. The van der Waals surface area contributed by atoms with Crippen LogP contribution < -0.4 is 15.4 Å². The van der Waals surface area contributed by atoms with Crippen molar-refractivity contribution in [2.45, 2.75) is 11.0 Å². The molecule has 0 aliphatic rings. The zero-order valence-electron chi connectivity index (χ0n) is 10.8. The van der Waals surface area contributed by atoms with E-state index >= 15 is 0 Å². The lowest BCUT2D eigenvalue weighted by atomic mass is 10.2. The normalized spacial score (nSPS) is 10.0. The minimum absolute atomic E-state index is 0.150. The van der Waals surface area contributed by atoms with Crippen molar-refractivity contribution in [2.75, 3.05) is 20.2 Å². The Morgan fingerprint density at radius 2 is 1.74 bits per heavy atom.